The van der Waals surface area contributed by atoms with E-state index < -0.39 is 5.24 Å². The summed E-state index contributed by atoms with van der Waals surface area (Å²) in [5, 5.41) is -0.408. The van der Waals surface area contributed by atoms with Gasteiger partial charge in [-0.15, -0.1) is 0 Å². The van der Waals surface area contributed by atoms with E-state index in [-0.39, 0.29) is 13.0 Å². The van der Waals surface area contributed by atoms with Crippen LogP contribution in [0.1, 0.15) is 13.3 Å². The molecule has 0 bridgehead atoms. The fraction of sp³-hybridized carbons (Fsp3) is 0.800. The maximum Gasteiger partial charge on any atom is 0.224 e. The number of carbonyl (C=O) groups is 1. The molecule has 0 rings (SSSR count). The van der Waals surface area contributed by atoms with Crippen LogP contribution in [0.15, 0.2) is 0 Å². The minimum Gasteiger partial charge on any atom is -0.281 e. The van der Waals surface area contributed by atoms with Crippen LogP contribution in [0.3, 0.4) is 0 Å². The van der Waals surface area contributed by atoms with Gasteiger partial charge in [-0.3, -0.25) is 4.79 Å². The Morgan fingerprint density at radius 3 is 2.67 bits per heavy atom. The van der Waals surface area contributed by atoms with E-state index in [9.17, 15) is 4.79 Å². The Morgan fingerprint density at radius 2 is 2.22 bits per heavy atom. The van der Waals surface area contributed by atoms with E-state index in [4.69, 9.17) is 11.6 Å². The molecular formula is C5H9ClO3. The lowest BCUT2D eigenvalue weighted by Gasteiger charge is -1.96. The Labute approximate surface area is 58.8 Å². The minimum absolute atomic E-state index is 0.196. The first kappa shape index (κ1) is 8.88. The maximum atomic E-state index is 10.0. The van der Waals surface area contributed by atoms with Crippen LogP contribution in [0, 0.1) is 0 Å². The summed E-state index contributed by atoms with van der Waals surface area (Å²) in [6.45, 7) is 2.51. The molecule has 9 heavy (non-hydrogen) atoms. The van der Waals surface area contributed by atoms with Gasteiger partial charge in [-0.1, -0.05) is 0 Å². The van der Waals surface area contributed by atoms with E-state index in [0.29, 0.717) is 6.61 Å². The van der Waals surface area contributed by atoms with Gasteiger partial charge in [0.25, 0.3) is 0 Å². The molecule has 0 heterocycles. The maximum absolute atomic E-state index is 10.0. The standard InChI is InChI=1S/C5H9ClO3/c1-2-8-9-4-3-5(6)7/h2-4H2,1H3. The lowest BCUT2D eigenvalue weighted by molar-refractivity contribution is -0.290. The van der Waals surface area contributed by atoms with Crippen LogP contribution in [-0.4, -0.2) is 18.5 Å². The predicted molar refractivity (Wildman–Crippen MR) is 33.1 cm³/mol. The molecule has 0 radical (unpaired) electrons. The average molecular weight is 153 g/mol. The smallest absolute Gasteiger partial charge is 0.224 e. The Bertz CT molecular complexity index is 84.3. The van der Waals surface area contributed by atoms with E-state index in [1.54, 1.807) is 6.92 Å². The highest BCUT2D eigenvalue weighted by molar-refractivity contribution is 6.63. The van der Waals surface area contributed by atoms with Crippen molar-refractivity contribution in [2.75, 3.05) is 13.2 Å². The number of rotatable bonds is 5. The summed E-state index contributed by atoms with van der Waals surface area (Å²) >= 11 is 4.98. The fourth-order valence-electron chi connectivity index (χ4n) is 0.264. The highest BCUT2D eigenvalue weighted by Gasteiger charge is 1.94. The Balaban J connectivity index is 2.83. The van der Waals surface area contributed by atoms with Gasteiger partial charge in [0.15, 0.2) is 0 Å². The zero-order chi connectivity index (χ0) is 7.11. The SMILES string of the molecule is CCOOCCC(=O)Cl. The van der Waals surface area contributed by atoms with E-state index in [2.05, 4.69) is 9.78 Å². The number of carbonyl (C=O) groups excluding carboxylic acids is 1. The van der Waals surface area contributed by atoms with Crippen molar-refractivity contribution in [2.24, 2.45) is 0 Å². The van der Waals surface area contributed by atoms with Gasteiger partial charge in [0.2, 0.25) is 5.24 Å². The zero-order valence-corrected chi connectivity index (χ0v) is 5.98. The molecule has 54 valence electrons. The predicted octanol–water partition coefficient (Wildman–Crippen LogP) is 1.11. The zero-order valence-electron chi connectivity index (χ0n) is 5.22. The van der Waals surface area contributed by atoms with Crippen molar-refractivity contribution >= 4 is 16.8 Å². The third-order valence-corrected chi connectivity index (χ3v) is 0.772. The molecule has 0 spiro atoms. The van der Waals surface area contributed by atoms with Crippen molar-refractivity contribution in [2.45, 2.75) is 13.3 Å². The van der Waals surface area contributed by atoms with Crippen molar-refractivity contribution < 1.29 is 14.6 Å². The highest BCUT2D eigenvalue weighted by atomic mass is 35.5. The van der Waals surface area contributed by atoms with Crippen LogP contribution < -0.4 is 0 Å². The van der Waals surface area contributed by atoms with Gasteiger partial charge >= 0.3 is 0 Å². The lowest BCUT2D eigenvalue weighted by atomic mass is 10.5. The van der Waals surface area contributed by atoms with Crippen LogP contribution in [-0.2, 0) is 14.6 Å². The van der Waals surface area contributed by atoms with Crippen molar-refractivity contribution in [3.05, 3.63) is 0 Å². The normalized spacial score (nSPS) is 9.56. The molecule has 3 nitrogen and oxygen atoms in total. The molecule has 0 unspecified atom stereocenters. The summed E-state index contributed by atoms with van der Waals surface area (Å²) in [5.74, 6) is 0. The Hall–Kier alpha value is -0.120. The largest absolute Gasteiger partial charge is 0.281 e. The summed E-state index contributed by atoms with van der Waals surface area (Å²) in [6, 6.07) is 0. The van der Waals surface area contributed by atoms with Gasteiger partial charge in [0.05, 0.1) is 13.2 Å². The number of halogens is 1. The molecule has 0 aliphatic carbocycles. The summed E-state index contributed by atoms with van der Waals surface area (Å²) in [4.78, 5) is 19.0. The second kappa shape index (κ2) is 6.01. The van der Waals surface area contributed by atoms with Gasteiger partial charge in [0, 0.05) is 6.42 Å². The van der Waals surface area contributed by atoms with Crippen LogP contribution in [0.25, 0.3) is 0 Å². The van der Waals surface area contributed by atoms with Gasteiger partial charge < -0.3 is 0 Å². The molecule has 0 amide bonds. The third-order valence-electron chi connectivity index (χ3n) is 0.583. The second-order valence-electron chi connectivity index (χ2n) is 1.33. The topological polar surface area (TPSA) is 35.5 Å². The summed E-state index contributed by atoms with van der Waals surface area (Å²) in [5.41, 5.74) is 0. The van der Waals surface area contributed by atoms with Crippen molar-refractivity contribution in [1.82, 2.24) is 0 Å². The molecule has 0 aliphatic rings. The van der Waals surface area contributed by atoms with Crippen LogP contribution in [0.4, 0.5) is 0 Å². The molecule has 0 aromatic rings. The first-order valence-electron chi connectivity index (χ1n) is 2.70. The summed E-state index contributed by atoms with van der Waals surface area (Å²) in [6.07, 6.45) is 0.196. The first-order chi connectivity index (χ1) is 4.27. The van der Waals surface area contributed by atoms with Crippen molar-refractivity contribution in [1.29, 1.82) is 0 Å². The van der Waals surface area contributed by atoms with E-state index in [1.165, 1.54) is 0 Å². The quantitative estimate of drug-likeness (QED) is 0.256. The number of hydrogen-bond acceptors (Lipinski definition) is 3. The third kappa shape index (κ3) is 7.88. The van der Waals surface area contributed by atoms with Crippen molar-refractivity contribution in [3.63, 3.8) is 0 Å². The highest BCUT2D eigenvalue weighted by Crippen LogP contribution is 1.89. The monoisotopic (exact) mass is 152 g/mol. The molecular weight excluding hydrogens is 144 g/mol. The van der Waals surface area contributed by atoms with Crippen molar-refractivity contribution in [3.8, 4) is 0 Å². The Kier molecular flexibility index (Phi) is 5.93. The molecule has 0 aliphatic heterocycles. The molecule has 0 atom stereocenters. The minimum atomic E-state index is -0.408. The van der Waals surface area contributed by atoms with Gasteiger partial charge in [-0.05, 0) is 18.5 Å². The van der Waals surface area contributed by atoms with Gasteiger partial charge in [-0.25, -0.2) is 9.78 Å². The van der Waals surface area contributed by atoms with Gasteiger partial charge in [0.1, 0.15) is 0 Å². The summed E-state index contributed by atoms with van der Waals surface area (Å²) in [7, 11) is 0. The molecule has 0 saturated carbocycles. The Morgan fingerprint density at radius 1 is 1.56 bits per heavy atom. The lowest BCUT2D eigenvalue weighted by Crippen LogP contribution is -1.99. The summed E-state index contributed by atoms with van der Waals surface area (Å²) < 4.78 is 0. The molecule has 4 heteroatoms. The molecule has 0 aromatic heterocycles. The molecule has 0 fully saturated rings. The van der Waals surface area contributed by atoms with Crippen LogP contribution in [0.2, 0.25) is 0 Å². The molecule has 0 aromatic carbocycles. The number of hydrogen-bond donors (Lipinski definition) is 0. The van der Waals surface area contributed by atoms with Crippen LogP contribution in [0.5, 0.6) is 0 Å². The first-order valence-corrected chi connectivity index (χ1v) is 3.08. The molecule has 0 saturated heterocycles. The average Bonchev–Trinajstić information content (AvgIpc) is 1.80. The fourth-order valence-corrected chi connectivity index (χ4v) is 0.341. The molecule has 0 N–H and O–H groups in total. The van der Waals surface area contributed by atoms with E-state index >= 15 is 0 Å². The van der Waals surface area contributed by atoms with Crippen LogP contribution >= 0.6 is 11.6 Å². The van der Waals surface area contributed by atoms with E-state index in [0.717, 1.165) is 0 Å². The second-order valence-corrected chi connectivity index (χ2v) is 1.76. The van der Waals surface area contributed by atoms with Gasteiger partial charge in [-0.2, -0.15) is 0 Å². The van der Waals surface area contributed by atoms with E-state index in [1.807, 2.05) is 0 Å².